The lowest BCUT2D eigenvalue weighted by Crippen LogP contribution is -2.55. The lowest BCUT2D eigenvalue weighted by molar-refractivity contribution is -0.152. The summed E-state index contributed by atoms with van der Waals surface area (Å²) in [6.45, 7) is 5.32. The van der Waals surface area contributed by atoms with Crippen LogP contribution in [0, 0.1) is 0 Å². The summed E-state index contributed by atoms with van der Waals surface area (Å²) in [6, 6.07) is 17.6. The lowest BCUT2D eigenvalue weighted by Gasteiger charge is -2.50. The third-order valence-corrected chi connectivity index (χ3v) is 8.52. The molecular formula is C31H37N5O2. The minimum atomic E-state index is -0.322. The van der Waals surface area contributed by atoms with Crippen molar-refractivity contribution < 1.29 is 9.53 Å². The number of nitrogens with zero attached hydrogens (tertiary/aromatic N) is 2. The summed E-state index contributed by atoms with van der Waals surface area (Å²) in [6.07, 6.45) is 7.04. The Morgan fingerprint density at radius 2 is 1.92 bits per heavy atom. The van der Waals surface area contributed by atoms with Gasteiger partial charge in [-0.25, -0.2) is 4.98 Å². The van der Waals surface area contributed by atoms with E-state index >= 15 is 0 Å². The van der Waals surface area contributed by atoms with Gasteiger partial charge in [0.2, 0.25) is 0 Å². The highest BCUT2D eigenvalue weighted by Gasteiger charge is 2.48. The van der Waals surface area contributed by atoms with Crippen molar-refractivity contribution in [3.63, 3.8) is 0 Å². The Bertz CT molecular complexity index is 1390. The molecule has 3 N–H and O–H groups in total. The highest BCUT2D eigenvalue weighted by Crippen LogP contribution is 2.49. The number of aromatic amines is 2. The van der Waals surface area contributed by atoms with E-state index in [1.165, 1.54) is 34.9 Å². The molecule has 0 unspecified atom stereocenters. The molecule has 0 aliphatic carbocycles. The largest absolute Gasteiger partial charge is 0.468 e. The molecule has 2 aromatic carbocycles. The maximum atomic E-state index is 13.3. The van der Waals surface area contributed by atoms with Gasteiger partial charge in [-0.15, -0.1) is 0 Å². The zero-order chi connectivity index (χ0) is 26.2. The number of nitrogens with one attached hydrogen (secondary N) is 3. The van der Waals surface area contributed by atoms with E-state index < -0.39 is 0 Å². The monoisotopic (exact) mass is 511 g/mol. The fourth-order valence-electron chi connectivity index (χ4n) is 6.57. The lowest BCUT2D eigenvalue weighted by atomic mass is 9.79. The Labute approximate surface area is 224 Å². The second-order valence-corrected chi connectivity index (χ2v) is 11.1. The number of benzene rings is 2. The Morgan fingerprint density at radius 3 is 2.66 bits per heavy atom. The minimum absolute atomic E-state index is 0.0865. The Balaban J connectivity index is 1.39. The van der Waals surface area contributed by atoms with Crippen molar-refractivity contribution in [1.82, 2.24) is 25.2 Å². The zero-order valence-electron chi connectivity index (χ0n) is 22.4. The van der Waals surface area contributed by atoms with E-state index in [4.69, 9.17) is 4.74 Å². The molecule has 2 aliphatic rings. The third-order valence-electron chi connectivity index (χ3n) is 8.52. The van der Waals surface area contributed by atoms with Crippen LogP contribution in [-0.2, 0) is 22.4 Å². The summed E-state index contributed by atoms with van der Waals surface area (Å²) in [5, 5.41) is 5.05. The van der Waals surface area contributed by atoms with Gasteiger partial charge in [0, 0.05) is 60.0 Å². The molecular weight excluding hydrogens is 474 g/mol. The number of esters is 1. The second-order valence-electron chi connectivity index (χ2n) is 11.1. The molecule has 6 rings (SSSR count). The Kier molecular flexibility index (Phi) is 6.80. The maximum absolute atomic E-state index is 13.3. The summed E-state index contributed by atoms with van der Waals surface area (Å²) in [4.78, 5) is 26.9. The fourth-order valence-corrected chi connectivity index (χ4v) is 6.57. The number of rotatable bonds is 7. The van der Waals surface area contributed by atoms with Crippen LogP contribution in [0.15, 0.2) is 61.1 Å². The number of piperidine rings is 1. The van der Waals surface area contributed by atoms with Gasteiger partial charge in [0.25, 0.3) is 0 Å². The predicted octanol–water partition coefficient (Wildman–Crippen LogP) is 5.19. The number of imidazole rings is 1. The first-order valence-electron chi connectivity index (χ1n) is 13.8. The van der Waals surface area contributed by atoms with Crippen LogP contribution < -0.4 is 5.32 Å². The number of carbonyl (C=O) groups excluding carboxylic acids is 1. The van der Waals surface area contributed by atoms with E-state index in [1.54, 1.807) is 6.33 Å². The van der Waals surface area contributed by atoms with Gasteiger partial charge in [-0.3, -0.25) is 9.69 Å². The van der Waals surface area contributed by atoms with Crippen molar-refractivity contribution >= 4 is 16.9 Å². The molecule has 4 atom stereocenters. The van der Waals surface area contributed by atoms with Gasteiger partial charge in [0.05, 0.1) is 19.5 Å². The minimum Gasteiger partial charge on any atom is -0.468 e. The van der Waals surface area contributed by atoms with E-state index in [0.29, 0.717) is 18.4 Å². The SMILES string of the molecule is COC(=O)[C@@H]1Cc2c([nH]c3ccccc23)[C@H]2C[C@H](NCCc3cnc[nH]3)C[C@@H](c3ccc(C(C)C)cc3)N21. The molecule has 4 heterocycles. The van der Waals surface area contributed by atoms with E-state index in [0.717, 1.165) is 37.0 Å². The molecule has 0 bridgehead atoms. The van der Waals surface area contributed by atoms with Gasteiger partial charge in [-0.05, 0) is 41.5 Å². The molecule has 2 aromatic heterocycles. The van der Waals surface area contributed by atoms with Crippen LogP contribution in [0.3, 0.4) is 0 Å². The number of H-pyrrole nitrogens is 2. The molecule has 1 saturated heterocycles. The first kappa shape index (κ1) is 24.9. The third kappa shape index (κ3) is 4.54. The molecule has 38 heavy (non-hydrogen) atoms. The summed E-state index contributed by atoms with van der Waals surface area (Å²) >= 11 is 0. The highest BCUT2D eigenvalue weighted by atomic mass is 16.5. The fraction of sp³-hybridized carbons (Fsp3) is 0.419. The molecule has 198 valence electrons. The molecule has 0 radical (unpaired) electrons. The molecule has 0 spiro atoms. The normalized spacial score (nSPS) is 23.4. The smallest absolute Gasteiger partial charge is 0.323 e. The topological polar surface area (TPSA) is 86.0 Å². The standard InChI is InChI=1S/C31H37N5O2/c1-19(2)20-8-10-21(11-9-20)27-14-23(33-13-12-22-17-32-18-34-22)15-28-30-25(16-29(36(27)28)31(37)38-3)24-6-4-5-7-26(24)35-30/h4-11,17-19,23,27-29,33,35H,12-16H2,1-3H3,(H,32,34)/t23-,27+,28-,29+/m1/s1. The number of hydrogen-bond acceptors (Lipinski definition) is 5. The number of aromatic nitrogens is 3. The molecule has 7 nitrogen and oxygen atoms in total. The predicted molar refractivity (Wildman–Crippen MR) is 149 cm³/mol. The molecule has 4 aromatic rings. The molecule has 2 aliphatic heterocycles. The second kappa shape index (κ2) is 10.4. The van der Waals surface area contributed by atoms with E-state index in [9.17, 15) is 4.79 Å². The van der Waals surface area contributed by atoms with Crippen LogP contribution in [0.5, 0.6) is 0 Å². The van der Waals surface area contributed by atoms with Crippen molar-refractivity contribution in [2.24, 2.45) is 0 Å². The van der Waals surface area contributed by atoms with Gasteiger partial charge < -0.3 is 20.0 Å². The van der Waals surface area contributed by atoms with Crippen molar-refractivity contribution in [2.45, 2.75) is 69.6 Å². The van der Waals surface area contributed by atoms with Crippen LogP contribution in [0.2, 0.25) is 0 Å². The quantitative estimate of drug-likeness (QED) is 0.297. The summed E-state index contributed by atoms with van der Waals surface area (Å²) in [5.41, 5.74) is 7.36. The number of para-hydroxylation sites is 1. The van der Waals surface area contributed by atoms with Crippen molar-refractivity contribution in [3.8, 4) is 0 Å². The van der Waals surface area contributed by atoms with E-state index in [1.807, 2.05) is 6.20 Å². The van der Waals surface area contributed by atoms with Crippen molar-refractivity contribution in [3.05, 3.63) is 89.1 Å². The van der Waals surface area contributed by atoms with Crippen LogP contribution >= 0.6 is 0 Å². The first-order valence-corrected chi connectivity index (χ1v) is 13.8. The number of carbonyl (C=O) groups is 1. The maximum Gasteiger partial charge on any atom is 0.323 e. The Morgan fingerprint density at radius 1 is 1.13 bits per heavy atom. The zero-order valence-corrected chi connectivity index (χ0v) is 22.4. The highest BCUT2D eigenvalue weighted by molar-refractivity contribution is 5.87. The van der Waals surface area contributed by atoms with Gasteiger partial charge in [0.1, 0.15) is 6.04 Å². The number of methoxy groups -OCH3 is 1. The number of hydrogen-bond donors (Lipinski definition) is 3. The van der Waals surface area contributed by atoms with Crippen molar-refractivity contribution in [1.29, 1.82) is 0 Å². The van der Waals surface area contributed by atoms with E-state index in [-0.39, 0.29) is 24.1 Å². The first-order chi connectivity index (χ1) is 18.5. The average molecular weight is 512 g/mol. The summed E-state index contributed by atoms with van der Waals surface area (Å²) in [5.74, 6) is 0.326. The Hall–Kier alpha value is -3.42. The van der Waals surface area contributed by atoms with Gasteiger partial charge >= 0.3 is 5.97 Å². The van der Waals surface area contributed by atoms with Crippen molar-refractivity contribution in [2.75, 3.05) is 13.7 Å². The molecule has 7 heteroatoms. The van der Waals surface area contributed by atoms with E-state index in [2.05, 4.69) is 87.5 Å². The van der Waals surface area contributed by atoms with Gasteiger partial charge in [-0.2, -0.15) is 0 Å². The average Bonchev–Trinajstić information content (AvgIpc) is 3.60. The number of fused-ring (bicyclic) bond motifs is 5. The van der Waals surface area contributed by atoms with Crippen LogP contribution in [0.25, 0.3) is 10.9 Å². The molecule has 0 saturated carbocycles. The van der Waals surface area contributed by atoms with Crippen LogP contribution in [-0.4, -0.2) is 51.6 Å². The number of ether oxygens (including phenoxy) is 1. The molecule has 0 amide bonds. The van der Waals surface area contributed by atoms with Gasteiger partial charge in [-0.1, -0.05) is 56.3 Å². The summed E-state index contributed by atoms with van der Waals surface area (Å²) < 4.78 is 5.39. The van der Waals surface area contributed by atoms with Crippen LogP contribution in [0.4, 0.5) is 0 Å². The summed E-state index contributed by atoms with van der Waals surface area (Å²) in [7, 11) is 1.51. The van der Waals surface area contributed by atoms with Crippen LogP contribution in [0.1, 0.15) is 72.8 Å². The van der Waals surface area contributed by atoms with Gasteiger partial charge in [0.15, 0.2) is 0 Å². The molecule has 1 fully saturated rings.